The number of ether oxygens (including phenoxy) is 1. The van der Waals surface area contributed by atoms with Gasteiger partial charge in [0.15, 0.2) is 0 Å². The van der Waals surface area contributed by atoms with Crippen molar-refractivity contribution in [2.24, 2.45) is 0 Å². The molecule has 1 aliphatic rings. The minimum absolute atomic E-state index is 0.236. The van der Waals surface area contributed by atoms with Gasteiger partial charge in [-0.15, -0.1) is 11.3 Å². The van der Waals surface area contributed by atoms with Crippen LogP contribution in [0.1, 0.15) is 22.2 Å². The molecule has 0 bridgehead atoms. The summed E-state index contributed by atoms with van der Waals surface area (Å²) in [4.78, 5) is 5.24. The Morgan fingerprint density at radius 2 is 1.93 bits per heavy atom. The van der Waals surface area contributed by atoms with Crippen LogP contribution in [0.25, 0.3) is 10.4 Å². The maximum atomic E-state index is 14.4. The first kappa shape index (κ1) is 20.1. The van der Waals surface area contributed by atoms with Crippen molar-refractivity contribution < 1.29 is 34.0 Å². The summed E-state index contributed by atoms with van der Waals surface area (Å²) >= 11 is 1.42. The first-order chi connectivity index (χ1) is 14.0. The molecule has 7 nitrogen and oxygen atoms in total. The van der Waals surface area contributed by atoms with Crippen LogP contribution in [0.3, 0.4) is 0 Å². The number of aromatic nitrogens is 1. The SMILES string of the molecule is OC[C@H]1O[C@@H](c2ccc(F)c(Cc3ncc(-c4ccoc4)s3)c2)[C@H](O)[C@@H](O)[C@@H]1O. The zero-order valence-electron chi connectivity index (χ0n) is 15.2. The monoisotopic (exact) mass is 421 g/mol. The van der Waals surface area contributed by atoms with E-state index in [0.29, 0.717) is 16.1 Å². The van der Waals surface area contributed by atoms with Crippen molar-refractivity contribution in [3.63, 3.8) is 0 Å². The van der Waals surface area contributed by atoms with Crippen LogP contribution in [0.15, 0.2) is 47.4 Å². The van der Waals surface area contributed by atoms with Gasteiger partial charge in [0.2, 0.25) is 0 Å². The molecule has 29 heavy (non-hydrogen) atoms. The van der Waals surface area contributed by atoms with Crippen molar-refractivity contribution in [1.29, 1.82) is 0 Å². The van der Waals surface area contributed by atoms with E-state index in [4.69, 9.17) is 9.15 Å². The normalized spacial score (nSPS) is 27.3. The van der Waals surface area contributed by atoms with E-state index in [1.807, 2.05) is 6.07 Å². The van der Waals surface area contributed by atoms with E-state index < -0.39 is 42.9 Å². The van der Waals surface area contributed by atoms with E-state index in [0.717, 1.165) is 10.4 Å². The van der Waals surface area contributed by atoms with E-state index in [2.05, 4.69) is 4.98 Å². The summed E-state index contributed by atoms with van der Waals surface area (Å²) in [7, 11) is 0. The number of benzene rings is 1. The Hall–Kier alpha value is -2.14. The molecule has 0 radical (unpaired) electrons. The molecule has 0 spiro atoms. The van der Waals surface area contributed by atoms with Crippen LogP contribution in [-0.4, -0.2) is 56.4 Å². The van der Waals surface area contributed by atoms with Crippen molar-refractivity contribution in [2.45, 2.75) is 36.9 Å². The van der Waals surface area contributed by atoms with E-state index >= 15 is 0 Å². The molecule has 1 saturated heterocycles. The van der Waals surface area contributed by atoms with Crippen LogP contribution in [0, 0.1) is 5.82 Å². The number of halogens is 1. The fourth-order valence-electron chi connectivity index (χ4n) is 3.38. The van der Waals surface area contributed by atoms with Gasteiger partial charge in [0.25, 0.3) is 0 Å². The maximum Gasteiger partial charge on any atom is 0.126 e. The predicted octanol–water partition coefficient (Wildman–Crippen LogP) is 1.65. The largest absolute Gasteiger partial charge is 0.472 e. The highest BCUT2D eigenvalue weighted by Gasteiger charge is 2.44. The molecular formula is C20H20FNO6S. The zero-order valence-corrected chi connectivity index (χ0v) is 16.0. The van der Waals surface area contributed by atoms with E-state index in [-0.39, 0.29) is 6.42 Å². The number of nitrogens with zero attached hydrogens (tertiary/aromatic N) is 1. The Labute approximate surface area is 169 Å². The molecule has 2 aromatic heterocycles. The minimum Gasteiger partial charge on any atom is -0.472 e. The summed E-state index contributed by atoms with van der Waals surface area (Å²) in [5.74, 6) is -0.432. The van der Waals surface area contributed by atoms with Crippen LogP contribution in [0.2, 0.25) is 0 Å². The molecular weight excluding hydrogens is 401 g/mol. The van der Waals surface area contributed by atoms with Crippen molar-refractivity contribution in [3.05, 3.63) is 64.9 Å². The number of hydrogen-bond acceptors (Lipinski definition) is 8. The second-order valence-corrected chi connectivity index (χ2v) is 8.02. The molecule has 3 heterocycles. The van der Waals surface area contributed by atoms with E-state index in [9.17, 15) is 24.8 Å². The second-order valence-electron chi connectivity index (χ2n) is 6.91. The van der Waals surface area contributed by atoms with Crippen molar-refractivity contribution in [1.82, 2.24) is 4.98 Å². The molecule has 154 valence electrons. The maximum absolute atomic E-state index is 14.4. The summed E-state index contributed by atoms with van der Waals surface area (Å²) in [5.41, 5.74) is 1.68. The number of aliphatic hydroxyl groups is 4. The lowest BCUT2D eigenvalue weighted by molar-refractivity contribution is -0.231. The summed E-state index contributed by atoms with van der Waals surface area (Å²) < 4.78 is 25.0. The first-order valence-corrected chi connectivity index (χ1v) is 9.85. The van der Waals surface area contributed by atoms with Crippen LogP contribution < -0.4 is 0 Å². The van der Waals surface area contributed by atoms with Gasteiger partial charge in [0.05, 0.1) is 29.0 Å². The highest BCUT2D eigenvalue weighted by Crippen LogP contribution is 2.34. The Bertz CT molecular complexity index is 960. The van der Waals surface area contributed by atoms with Gasteiger partial charge >= 0.3 is 0 Å². The average Bonchev–Trinajstić information content (AvgIpc) is 3.40. The van der Waals surface area contributed by atoms with Crippen molar-refractivity contribution >= 4 is 11.3 Å². The Balaban J connectivity index is 1.58. The molecule has 0 unspecified atom stereocenters. The third-order valence-corrected chi connectivity index (χ3v) is 6.04. The number of furan rings is 1. The third kappa shape index (κ3) is 3.97. The van der Waals surface area contributed by atoms with Crippen LogP contribution in [0.4, 0.5) is 4.39 Å². The molecule has 1 fully saturated rings. The molecule has 3 aromatic rings. The van der Waals surface area contributed by atoms with Gasteiger partial charge in [0.1, 0.15) is 36.3 Å². The Kier molecular flexibility index (Phi) is 5.77. The zero-order chi connectivity index (χ0) is 20.5. The number of aliphatic hydroxyl groups excluding tert-OH is 4. The van der Waals surface area contributed by atoms with E-state index in [1.54, 1.807) is 24.8 Å². The van der Waals surface area contributed by atoms with Gasteiger partial charge in [-0.05, 0) is 29.3 Å². The van der Waals surface area contributed by atoms with Gasteiger partial charge in [-0.2, -0.15) is 0 Å². The third-order valence-electron chi connectivity index (χ3n) is 4.99. The smallest absolute Gasteiger partial charge is 0.126 e. The lowest BCUT2D eigenvalue weighted by Crippen LogP contribution is -2.55. The topological polar surface area (TPSA) is 116 Å². The highest BCUT2D eigenvalue weighted by molar-refractivity contribution is 7.15. The van der Waals surface area contributed by atoms with Crippen molar-refractivity contribution in [3.8, 4) is 10.4 Å². The molecule has 0 saturated carbocycles. The standard InChI is InChI=1S/C20H20FNO6S/c21-13-2-1-10(20-19(26)18(25)17(24)14(8-23)28-20)5-12(13)6-16-22-7-15(29-16)11-3-4-27-9-11/h1-5,7,9,14,17-20,23-26H,6,8H2/t14-,17-,18+,19-,20+/m1/s1. The van der Waals surface area contributed by atoms with Gasteiger partial charge in [0, 0.05) is 18.2 Å². The predicted molar refractivity (Wildman–Crippen MR) is 102 cm³/mol. The summed E-state index contributed by atoms with van der Waals surface area (Å²) in [6.07, 6.45) is -1.27. The Morgan fingerprint density at radius 3 is 2.66 bits per heavy atom. The quantitative estimate of drug-likeness (QED) is 0.495. The minimum atomic E-state index is -1.49. The molecule has 1 aliphatic heterocycles. The molecule has 4 rings (SSSR count). The molecule has 4 N–H and O–H groups in total. The lowest BCUT2D eigenvalue weighted by atomic mass is 9.90. The summed E-state index contributed by atoms with van der Waals surface area (Å²) in [6, 6.07) is 6.07. The second kappa shape index (κ2) is 8.31. The van der Waals surface area contributed by atoms with Gasteiger partial charge in [-0.1, -0.05) is 6.07 Å². The van der Waals surface area contributed by atoms with Crippen LogP contribution in [-0.2, 0) is 11.2 Å². The van der Waals surface area contributed by atoms with E-state index in [1.165, 1.54) is 23.5 Å². The fraction of sp³-hybridized carbons (Fsp3) is 0.350. The molecule has 0 aliphatic carbocycles. The Morgan fingerprint density at radius 1 is 1.10 bits per heavy atom. The lowest BCUT2D eigenvalue weighted by Gasteiger charge is -2.40. The van der Waals surface area contributed by atoms with Crippen LogP contribution in [0.5, 0.6) is 0 Å². The summed E-state index contributed by atoms with van der Waals surface area (Å²) in [6.45, 7) is -0.522. The number of hydrogen-bond donors (Lipinski definition) is 4. The van der Waals surface area contributed by atoms with Gasteiger partial charge in [-0.25, -0.2) is 9.37 Å². The van der Waals surface area contributed by atoms with Crippen molar-refractivity contribution in [2.75, 3.05) is 6.61 Å². The highest BCUT2D eigenvalue weighted by atomic mass is 32.1. The van der Waals surface area contributed by atoms with Gasteiger partial charge in [-0.3, -0.25) is 0 Å². The summed E-state index contributed by atoms with van der Waals surface area (Å²) in [5, 5.41) is 40.3. The molecule has 5 atom stereocenters. The number of thiazole rings is 1. The molecule has 1 aromatic carbocycles. The molecule has 9 heteroatoms. The van der Waals surface area contributed by atoms with Gasteiger partial charge < -0.3 is 29.6 Å². The first-order valence-electron chi connectivity index (χ1n) is 9.04. The average molecular weight is 421 g/mol. The number of rotatable bonds is 5. The van der Waals surface area contributed by atoms with Crippen LogP contribution >= 0.6 is 11.3 Å². The fourth-order valence-corrected chi connectivity index (χ4v) is 4.30. The molecule has 0 amide bonds.